The van der Waals surface area contributed by atoms with Crippen LogP contribution in [0.3, 0.4) is 0 Å². The van der Waals surface area contributed by atoms with Crippen LogP contribution in [0.1, 0.15) is 189 Å². The number of unbranched alkanes of at least 4 members (excludes halogenated alkanes) is 17. The van der Waals surface area contributed by atoms with Crippen molar-refractivity contribution in [2.24, 2.45) is 0 Å². The van der Waals surface area contributed by atoms with Gasteiger partial charge in [-0.15, -0.1) is 0 Å². The topological polar surface area (TPSA) is 107 Å². The molecular weight excluding hydrogens is 527 g/mol. The van der Waals surface area contributed by atoms with Crippen LogP contribution < -0.4 is 18.9 Å². The Kier molecular flexibility index (Phi) is 33.2. The Bertz CT molecular complexity index is 675. The Labute approximate surface area is 270 Å². The third-order valence-electron chi connectivity index (χ3n) is 7.57. The Morgan fingerprint density at radius 2 is 0.833 bits per heavy atom. The summed E-state index contributed by atoms with van der Waals surface area (Å²) in [5.74, 6) is -1.63. The number of hydrogen-bond donors (Lipinski definition) is 1. The summed E-state index contributed by atoms with van der Waals surface area (Å²) in [6.45, 7) is 4.36. The normalized spacial score (nSPS) is 11.5. The quantitative estimate of drug-likeness (QED) is 0.0427. The average Bonchev–Trinajstić information content (AvgIpc) is 2.93. The van der Waals surface area contributed by atoms with E-state index in [4.69, 9.17) is 14.6 Å². The number of carbonyl (C=O) groups excluding carboxylic acids is 3. The predicted molar refractivity (Wildman–Crippen MR) is 166 cm³/mol. The molecule has 0 aliphatic heterocycles. The van der Waals surface area contributed by atoms with Crippen LogP contribution in [0.2, 0.25) is 0 Å². The minimum absolute atomic E-state index is 0. The minimum Gasteiger partial charge on any atom is -1.00 e. The molecule has 0 fully saturated rings. The van der Waals surface area contributed by atoms with Gasteiger partial charge in [0.25, 0.3) is 0 Å². The molecule has 0 aliphatic rings. The van der Waals surface area contributed by atoms with E-state index in [0.29, 0.717) is 25.7 Å². The smallest absolute Gasteiger partial charge is 1.00 e. The molecule has 42 heavy (non-hydrogen) atoms. The molecule has 0 spiro atoms. The second-order valence-electron chi connectivity index (χ2n) is 11.6. The fraction of sp³-hybridized carbons (Fsp3) is 0.882. The first-order valence-corrected chi connectivity index (χ1v) is 17.0. The third kappa shape index (κ3) is 31.6. The van der Waals surface area contributed by atoms with Crippen LogP contribution in [-0.2, 0) is 28.7 Å². The molecule has 1 unspecified atom stereocenters. The molecule has 1 N–H and O–H groups in total. The molecule has 7 nitrogen and oxygen atoms in total. The number of rotatable bonds is 30. The van der Waals surface area contributed by atoms with E-state index < -0.39 is 17.9 Å². The molecule has 0 aromatic rings. The third-order valence-corrected chi connectivity index (χ3v) is 7.57. The molecule has 0 saturated carbocycles. The van der Waals surface area contributed by atoms with E-state index in [1.165, 1.54) is 32.1 Å². The Morgan fingerprint density at radius 1 is 0.500 bits per heavy atom. The molecule has 0 saturated heterocycles. The predicted octanol–water partition coefficient (Wildman–Crippen LogP) is 6.74. The van der Waals surface area contributed by atoms with Gasteiger partial charge in [0.2, 0.25) is 0 Å². The van der Waals surface area contributed by atoms with Crippen molar-refractivity contribution in [2.75, 3.05) is 0 Å². The zero-order chi connectivity index (χ0) is 30.4. The van der Waals surface area contributed by atoms with E-state index in [1.54, 1.807) is 0 Å². The number of ether oxygens (including phenoxy) is 2. The molecule has 8 heteroatoms. The van der Waals surface area contributed by atoms with Gasteiger partial charge in [0.05, 0.1) is 0 Å². The first-order valence-electron chi connectivity index (χ1n) is 17.0. The summed E-state index contributed by atoms with van der Waals surface area (Å²) in [5.41, 5.74) is 0. The van der Waals surface area contributed by atoms with E-state index in [1.807, 2.05) is 0 Å². The van der Waals surface area contributed by atoms with E-state index in [-0.39, 0.29) is 45.2 Å². The van der Waals surface area contributed by atoms with Crippen LogP contribution in [0.15, 0.2) is 0 Å². The van der Waals surface area contributed by atoms with E-state index >= 15 is 0 Å². The molecule has 242 valence electrons. The van der Waals surface area contributed by atoms with Crippen molar-refractivity contribution in [2.45, 2.75) is 193 Å². The van der Waals surface area contributed by atoms with Crippen LogP contribution in [-0.4, -0.2) is 35.1 Å². The van der Waals surface area contributed by atoms with Crippen molar-refractivity contribution in [1.29, 1.82) is 0 Å². The number of carboxylic acid groups (broad SMARTS) is 1. The van der Waals surface area contributed by atoms with Gasteiger partial charge in [-0.3, -0.25) is 19.2 Å². The second-order valence-corrected chi connectivity index (χ2v) is 11.6. The number of carbonyl (C=O) groups is 4. The van der Waals surface area contributed by atoms with Crippen LogP contribution in [0.4, 0.5) is 0 Å². The van der Waals surface area contributed by atoms with Gasteiger partial charge in [-0.25, -0.2) is 0 Å². The van der Waals surface area contributed by atoms with Gasteiger partial charge < -0.3 is 16.0 Å². The first kappa shape index (κ1) is 42.8. The Hall–Kier alpha value is -1.32. The largest absolute Gasteiger partial charge is 1.00 e. The summed E-state index contributed by atoms with van der Waals surface area (Å²) in [7, 11) is 0. The van der Waals surface area contributed by atoms with Crippen LogP contribution in [0.5, 0.6) is 0 Å². The van der Waals surface area contributed by atoms with Gasteiger partial charge in [0, 0.05) is 25.7 Å². The first-order chi connectivity index (χ1) is 19.9. The van der Waals surface area contributed by atoms with E-state index in [2.05, 4.69) is 13.8 Å². The molecule has 0 aromatic carbocycles. The molecule has 0 aliphatic carbocycles. The summed E-state index contributed by atoms with van der Waals surface area (Å²) >= 11 is 0. The summed E-state index contributed by atoms with van der Waals surface area (Å²) in [6.07, 6.45) is 25.0. The van der Waals surface area contributed by atoms with Crippen molar-refractivity contribution in [3.63, 3.8) is 0 Å². The van der Waals surface area contributed by atoms with Crippen molar-refractivity contribution in [3.05, 3.63) is 0 Å². The van der Waals surface area contributed by atoms with Crippen LogP contribution in [0.25, 0.3) is 0 Å². The monoisotopic (exact) mass is 590 g/mol. The van der Waals surface area contributed by atoms with Gasteiger partial charge in [0.1, 0.15) is 6.10 Å². The zero-order valence-corrected chi connectivity index (χ0v) is 27.6. The molecule has 0 radical (unpaired) electrons. The maximum absolute atomic E-state index is 12.2. The average molecular weight is 591 g/mol. The Balaban J connectivity index is -0.00000800. The number of hydrogen-bond acceptors (Lipinski definition) is 6. The fourth-order valence-corrected chi connectivity index (χ4v) is 5.01. The van der Waals surface area contributed by atoms with Crippen molar-refractivity contribution in [1.82, 2.24) is 0 Å². The summed E-state index contributed by atoms with van der Waals surface area (Å²) < 4.78 is 10.7. The van der Waals surface area contributed by atoms with Gasteiger partial charge in [-0.2, -0.15) is 0 Å². The number of aliphatic carboxylic acids is 1. The number of carboxylic acids is 1. The fourth-order valence-electron chi connectivity index (χ4n) is 5.01. The summed E-state index contributed by atoms with van der Waals surface area (Å²) in [4.78, 5) is 46.4. The molecule has 0 rings (SSSR count). The van der Waals surface area contributed by atoms with Gasteiger partial charge in [-0.1, -0.05) is 110 Å². The van der Waals surface area contributed by atoms with Crippen LogP contribution in [0, 0.1) is 0 Å². The van der Waals surface area contributed by atoms with Crippen LogP contribution >= 0.6 is 0 Å². The SMILES string of the molecule is CCCCCCC(CCCCCCCCCCC(=O)OC(=O)CCCCCCCCC(=O)O)OC(=O)CCCCC.[H-].[Li+]. The van der Waals surface area contributed by atoms with Crippen molar-refractivity contribution in [3.8, 4) is 0 Å². The standard InChI is InChI=1S/C34H62O7.Li.H/c1-3-5-7-19-24-30(40-32(37)27-18-6-4-2)25-20-14-10-8-9-11-16-22-28-33(38)41-34(39)29-23-17-13-12-15-21-26-31(35)36;;/h30H,3-29H2,1-2H3,(H,35,36);;/q;+1;-1. The molecular formula is C34H63LiO7. The number of esters is 3. The summed E-state index contributed by atoms with van der Waals surface area (Å²) in [6, 6.07) is 0. The minimum atomic E-state index is -0.754. The van der Waals surface area contributed by atoms with Crippen molar-refractivity contribution < 1.29 is 54.0 Å². The van der Waals surface area contributed by atoms with Gasteiger partial charge >= 0.3 is 42.7 Å². The molecule has 0 aromatic heterocycles. The Morgan fingerprint density at radius 3 is 1.29 bits per heavy atom. The van der Waals surface area contributed by atoms with Gasteiger partial charge in [-0.05, 0) is 51.4 Å². The molecule has 0 bridgehead atoms. The maximum atomic E-state index is 12.2. The van der Waals surface area contributed by atoms with E-state index in [9.17, 15) is 19.2 Å². The van der Waals surface area contributed by atoms with Crippen molar-refractivity contribution >= 4 is 23.9 Å². The van der Waals surface area contributed by atoms with Gasteiger partial charge in [0.15, 0.2) is 0 Å². The molecule has 1 atom stereocenters. The molecule has 0 amide bonds. The zero-order valence-electron chi connectivity index (χ0n) is 28.6. The second kappa shape index (κ2) is 32.6. The maximum Gasteiger partial charge on any atom is 1.00 e. The molecule has 0 heterocycles. The summed E-state index contributed by atoms with van der Waals surface area (Å²) in [5, 5.41) is 8.61. The van der Waals surface area contributed by atoms with E-state index in [0.717, 1.165) is 103 Å².